The fourth-order valence-electron chi connectivity index (χ4n) is 0.402. The third kappa shape index (κ3) is 8.82. The fraction of sp³-hybridized carbons (Fsp3) is 0.600. The van der Waals surface area contributed by atoms with Crippen LogP contribution < -0.4 is 18.0 Å². The Bertz CT molecular complexity index is 150. The average molecular weight is 181 g/mol. The Kier molecular flexibility index (Phi) is 11.3. The molecule has 0 bridgehead atoms. The van der Waals surface area contributed by atoms with E-state index < -0.39 is 18.0 Å². The van der Waals surface area contributed by atoms with Crippen molar-refractivity contribution in [3.63, 3.8) is 0 Å². The van der Waals surface area contributed by atoms with Gasteiger partial charge in [0.15, 0.2) is 0 Å². The lowest BCUT2D eigenvalue weighted by molar-refractivity contribution is -0.139. The first-order valence-electron chi connectivity index (χ1n) is 2.74. The minimum absolute atomic E-state index is 0. The Hall–Kier alpha value is -1.18. The second-order valence-electron chi connectivity index (χ2n) is 1.88. The van der Waals surface area contributed by atoms with Gasteiger partial charge < -0.3 is 28.2 Å². The van der Waals surface area contributed by atoms with Crippen molar-refractivity contribution < 1.29 is 19.8 Å². The lowest BCUT2D eigenvalue weighted by Gasteiger charge is -2.01. The molecule has 0 saturated carbocycles. The van der Waals surface area contributed by atoms with Crippen molar-refractivity contribution >= 4 is 11.9 Å². The van der Waals surface area contributed by atoms with Crippen LogP contribution in [-0.4, -0.2) is 28.2 Å². The third-order valence-electron chi connectivity index (χ3n) is 0.986. The van der Waals surface area contributed by atoms with E-state index in [-0.39, 0.29) is 25.1 Å². The molecule has 7 heteroatoms. The minimum atomic E-state index is -1.17. The monoisotopic (exact) mass is 181 g/mol. The van der Waals surface area contributed by atoms with Gasteiger partial charge in [-0.3, -0.25) is 9.59 Å². The maximum absolute atomic E-state index is 9.99. The molecular formula is C5H15N3O4. The molecule has 0 aliphatic carbocycles. The predicted octanol–water partition coefficient (Wildman–Crippen LogP) is -0.413. The number of nitrogens with two attached hydrogens (primary N) is 1. The lowest BCUT2D eigenvalue weighted by atomic mass is 10.2. The van der Waals surface area contributed by atoms with Gasteiger partial charge in [-0.05, 0) is 6.42 Å². The largest absolute Gasteiger partial charge is 0.481 e. The Morgan fingerprint density at radius 2 is 1.67 bits per heavy atom. The number of carbonyl (C=O) groups is 2. The van der Waals surface area contributed by atoms with Crippen LogP contribution in [0, 0.1) is 0 Å². The molecule has 1 atom stereocenters. The number of aliphatic carboxylic acids is 2. The van der Waals surface area contributed by atoms with Gasteiger partial charge in [-0.1, -0.05) is 0 Å². The number of hydrogen-bond acceptors (Lipinski definition) is 5. The number of rotatable bonds is 4. The lowest BCUT2D eigenvalue weighted by Crippen LogP contribution is -2.30. The molecule has 0 radical (unpaired) electrons. The van der Waals surface area contributed by atoms with E-state index in [1.165, 1.54) is 0 Å². The maximum Gasteiger partial charge on any atom is 0.320 e. The van der Waals surface area contributed by atoms with Gasteiger partial charge in [0.25, 0.3) is 0 Å². The zero-order chi connectivity index (χ0) is 8.15. The summed E-state index contributed by atoms with van der Waals surface area (Å²) in [5, 5.41) is 16.3. The first-order chi connectivity index (χ1) is 4.54. The summed E-state index contributed by atoms with van der Waals surface area (Å²) in [6.07, 6.45) is -0.224. The van der Waals surface area contributed by atoms with Crippen LogP contribution in [0.25, 0.3) is 0 Å². The predicted molar refractivity (Wildman–Crippen MR) is 42.5 cm³/mol. The summed E-state index contributed by atoms with van der Waals surface area (Å²) in [6, 6.07) is -1.06. The minimum Gasteiger partial charge on any atom is -0.481 e. The van der Waals surface area contributed by atoms with Crippen molar-refractivity contribution in [1.82, 2.24) is 12.3 Å². The smallest absolute Gasteiger partial charge is 0.320 e. The Balaban J connectivity index is -0.000000405. The highest BCUT2D eigenvalue weighted by molar-refractivity contribution is 5.74. The van der Waals surface area contributed by atoms with Gasteiger partial charge in [0.1, 0.15) is 6.04 Å². The zero-order valence-corrected chi connectivity index (χ0v) is 6.69. The van der Waals surface area contributed by atoms with E-state index in [0.717, 1.165) is 0 Å². The van der Waals surface area contributed by atoms with E-state index in [2.05, 4.69) is 0 Å². The summed E-state index contributed by atoms with van der Waals surface area (Å²) in [4.78, 5) is 19.9. The molecule has 0 aromatic carbocycles. The molecule has 0 aromatic heterocycles. The van der Waals surface area contributed by atoms with Crippen molar-refractivity contribution in [3.8, 4) is 0 Å². The van der Waals surface area contributed by atoms with Gasteiger partial charge in [-0.25, -0.2) is 0 Å². The SMILES string of the molecule is N.N.NC(CCC(=O)O)C(=O)O. The van der Waals surface area contributed by atoms with Gasteiger partial charge in [0.2, 0.25) is 0 Å². The molecular weight excluding hydrogens is 166 g/mol. The Labute approximate surface area is 69.7 Å². The van der Waals surface area contributed by atoms with E-state index in [4.69, 9.17) is 15.9 Å². The molecule has 0 saturated heterocycles. The first-order valence-corrected chi connectivity index (χ1v) is 2.74. The first kappa shape index (κ1) is 17.1. The molecule has 10 N–H and O–H groups in total. The van der Waals surface area contributed by atoms with Gasteiger partial charge >= 0.3 is 11.9 Å². The van der Waals surface area contributed by atoms with Crippen LogP contribution in [-0.2, 0) is 9.59 Å². The molecule has 0 heterocycles. The van der Waals surface area contributed by atoms with Crippen LogP contribution >= 0.6 is 0 Å². The molecule has 0 amide bonds. The molecule has 7 nitrogen and oxygen atoms in total. The molecule has 0 aromatic rings. The van der Waals surface area contributed by atoms with Crippen LogP contribution in [0.4, 0.5) is 0 Å². The highest BCUT2D eigenvalue weighted by atomic mass is 16.4. The molecule has 0 aliphatic rings. The highest BCUT2D eigenvalue weighted by Gasteiger charge is 2.12. The van der Waals surface area contributed by atoms with Crippen LogP contribution in [0.2, 0.25) is 0 Å². The second-order valence-corrected chi connectivity index (χ2v) is 1.88. The molecule has 0 aliphatic heterocycles. The topological polar surface area (TPSA) is 171 Å². The molecule has 0 rings (SSSR count). The van der Waals surface area contributed by atoms with Crippen molar-refractivity contribution in [2.75, 3.05) is 0 Å². The van der Waals surface area contributed by atoms with Gasteiger partial charge in [0, 0.05) is 6.42 Å². The van der Waals surface area contributed by atoms with Crippen LogP contribution in [0.1, 0.15) is 12.8 Å². The second kappa shape index (κ2) is 7.92. The number of hydrogen-bond donors (Lipinski definition) is 5. The van der Waals surface area contributed by atoms with Gasteiger partial charge in [-0.15, -0.1) is 0 Å². The summed E-state index contributed by atoms with van der Waals surface area (Å²) >= 11 is 0. The molecule has 1 unspecified atom stereocenters. The summed E-state index contributed by atoms with van der Waals surface area (Å²) in [5.41, 5.74) is 5.00. The summed E-state index contributed by atoms with van der Waals surface area (Å²) in [6.45, 7) is 0. The van der Waals surface area contributed by atoms with Crippen LogP contribution in [0.15, 0.2) is 0 Å². The highest BCUT2D eigenvalue weighted by Crippen LogP contribution is 1.93. The number of carboxylic acids is 2. The third-order valence-corrected chi connectivity index (χ3v) is 0.986. The van der Waals surface area contributed by atoms with Crippen molar-refractivity contribution in [1.29, 1.82) is 0 Å². The van der Waals surface area contributed by atoms with E-state index in [1.807, 2.05) is 0 Å². The van der Waals surface area contributed by atoms with Crippen molar-refractivity contribution in [3.05, 3.63) is 0 Å². The average Bonchev–Trinajstić information content (AvgIpc) is 1.82. The zero-order valence-electron chi connectivity index (χ0n) is 6.69. The Morgan fingerprint density at radius 1 is 1.25 bits per heavy atom. The van der Waals surface area contributed by atoms with Crippen molar-refractivity contribution in [2.24, 2.45) is 5.73 Å². The van der Waals surface area contributed by atoms with E-state index in [0.29, 0.717) is 0 Å². The van der Waals surface area contributed by atoms with Gasteiger partial charge in [0.05, 0.1) is 0 Å². The maximum atomic E-state index is 9.99. The van der Waals surface area contributed by atoms with Gasteiger partial charge in [-0.2, -0.15) is 0 Å². The van der Waals surface area contributed by atoms with Crippen LogP contribution in [0.5, 0.6) is 0 Å². The fourth-order valence-corrected chi connectivity index (χ4v) is 0.402. The van der Waals surface area contributed by atoms with E-state index >= 15 is 0 Å². The quantitative estimate of drug-likeness (QED) is 0.392. The molecule has 74 valence electrons. The summed E-state index contributed by atoms with van der Waals surface area (Å²) in [7, 11) is 0. The van der Waals surface area contributed by atoms with E-state index in [1.54, 1.807) is 0 Å². The summed E-state index contributed by atoms with van der Waals surface area (Å²) < 4.78 is 0. The van der Waals surface area contributed by atoms with Crippen molar-refractivity contribution in [2.45, 2.75) is 18.9 Å². The molecule has 0 spiro atoms. The summed E-state index contributed by atoms with van der Waals surface area (Å²) in [5.74, 6) is -2.20. The molecule has 0 fully saturated rings. The van der Waals surface area contributed by atoms with E-state index in [9.17, 15) is 9.59 Å². The molecule has 12 heavy (non-hydrogen) atoms. The standard InChI is InChI=1S/C5H9NO4.2H3N/c6-3(5(9)10)1-2-4(7)8;;/h3H,1-2,6H2,(H,7,8)(H,9,10);2*1H3. The number of carboxylic acid groups (broad SMARTS) is 2. The normalized spacial score (nSPS) is 10.4. The Morgan fingerprint density at radius 3 is 1.92 bits per heavy atom. The van der Waals surface area contributed by atoms with Crippen LogP contribution in [0.3, 0.4) is 0 Å².